The van der Waals surface area contributed by atoms with Crippen LogP contribution in [0, 0.1) is 6.92 Å². The quantitative estimate of drug-likeness (QED) is 0.509. The van der Waals surface area contributed by atoms with Crippen LogP contribution in [0.15, 0.2) is 71.3 Å². The second-order valence-electron chi connectivity index (χ2n) is 7.13. The van der Waals surface area contributed by atoms with Crippen molar-refractivity contribution in [3.8, 4) is 0 Å². The van der Waals surface area contributed by atoms with Crippen molar-refractivity contribution in [2.24, 2.45) is 0 Å². The van der Waals surface area contributed by atoms with Crippen LogP contribution in [0.5, 0.6) is 0 Å². The molecule has 0 bridgehead atoms. The summed E-state index contributed by atoms with van der Waals surface area (Å²) in [5.74, 6) is 0.307. The van der Waals surface area contributed by atoms with E-state index in [9.17, 15) is 9.59 Å². The highest BCUT2D eigenvalue weighted by molar-refractivity contribution is 5.92. The summed E-state index contributed by atoms with van der Waals surface area (Å²) in [5.41, 5.74) is 3.39. The van der Waals surface area contributed by atoms with Gasteiger partial charge in [0.05, 0.1) is 23.3 Å². The number of furan rings is 1. The van der Waals surface area contributed by atoms with Crippen molar-refractivity contribution in [1.29, 1.82) is 0 Å². The minimum atomic E-state index is -0.429. The molecule has 7 nitrogen and oxygen atoms in total. The Kier molecular flexibility index (Phi) is 5.34. The lowest BCUT2D eigenvalue weighted by atomic mass is 10.2. The van der Waals surface area contributed by atoms with Gasteiger partial charge in [0, 0.05) is 5.69 Å². The van der Waals surface area contributed by atoms with Gasteiger partial charge in [-0.3, -0.25) is 9.59 Å². The van der Waals surface area contributed by atoms with Crippen molar-refractivity contribution in [1.82, 2.24) is 14.9 Å². The number of anilines is 1. The van der Waals surface area contributed by atoms with Gasteiger partial charge in [-0.2, -0.15) is 0 Å². The number of imidazole rings is 1. The van der Waals surface area contributed by atoms with Crippen LogP contribution >= 0.6 is 0 Å². The van der Waals surface area contributed by atoms with Gasteiger partial charge in [0.15, 0.2) is 5.76 Å². The van der Waals surface area contributed by atoms with Gasteiger partial charge in [-0.1, -0.05) is 24.3 Å². The van der Waals surface area contributed by atoms with Crippen LogP contribution in [-0.2, 0) is 11.3 Å². The predicted octanol–water partition coefficient (Wildman–Crippen LogP) is 4.07. The van der Waals surface area contributed by atoms with Crippen molar-refractivity contribution in [3.63, 3.8) is 0 Å². The lowest BCUT2D eigenvalue weighted by Gasteiger charge is -2.16. The van der Waals surface area contributed by atoms with E-state index < -0.39 is 6.04 Å². The molecule has 152 valence electrons. The smallest absolute Gasteiger partial charge is 0.287 e. The monoisotopic (exact) mass is 402 g/mol. The lowest BCUT2D eigenvalue weighted by molar-refractivity contribution is -0.116. The van der Waals surface area contributed by atoms with Crippen LogP contribution < -0.4 is 10.6 Å². The maximum absolute atomic E-state index is 12.8. The van der Waals surface area contributed by atoms with Crippen LogP contribution in [0.25, 0.3) is 11.0 Å². The molecule has 2 aromatic heterocycles. The Hall–Kier alpha value is -3.87. The molecule has 4 rings (SSSR count). The van der Waals surface area contributed by atoms with Gasteiger partial charge < -0.3 is 19.6 Å². The maximum atomic E-state index is 12.8. The molecule has 0 saturated heterocycles. The average molecular weight is 402 g/mol. The Labute approximate surface area is 173 Å². The molecule has 0 aliphatic rings. The Morgan fingerprint density at radius 1 is 1.10 bits per heavy atom. The van der Waals surface area contributed by atoms with Crippen molar-refractivity contribution in [2.75, 3.05) is 5.32 Å². The number of carbonyl (C=O) groups excluding carboxylic acids is 2. The molecule has 2 N–H and O–H groups in total. The number of hydrogen-bond acceptors (Lipinski definition) is 4. The SMILES string of the molecule is Cc1cccc(NC(=O)Cn2c(C(C)NC(=O)c3ccco3)nc3ccccc32)c1. The summed E-state index contributed by atoms with van der Waals surface area (Å²) >= 11 is 0. The molecule has 0 aliphatic heterocycles. The third kappa shape index (κ3) is 4.10. The number of carbonyl (C=O) groups is 2. The number of nitrogens with one attached hydrogen (secondary N) is 2. The number of para-hydroxylation sites is 2. The number of aromatic nitrogens is 2. The molecule has 2 amide bonds. The molecule has 0 spiro atoms. The first-order valence-electron chi connectivity index (χ1n) is 9.67. The van der Waals surface area contributed by atoms with Gasteiger partial charge in [0.2, 0.25) is 5.91 Å². The van der Waals surface area contributed by atoms with E-state index >= 15 is 0 Å². The molecule has 7 heteroatoms. The predicted molar refractivity (Wildman–Crippen MR) is 114 cm³/mol. The number of amides is 2. The highest BCUT2D eigenvalue weighted by Crippen LogP contribution is 2.21. The van der Waals surface area contributed by atoms with Gasteiger partial charge in [0.25, 0.3) is 5.91 Å². The lowest BCUT2D eigenvalue weighted by Crippen LogP contribution is -2.29. The van der Waals surface area contributed by atoms with Crippen LogP contribution in [0.3, 0.4) is 0 Å². The zero-order valence-electron chi connectivity index (χ0n) is 16.8. The highest BCUT2D eigenvalue weighted by atomic mass is 16.3. The third-order valence-electron chi connectivity index (χ3n) is 4.77. The van der Waals surface area contributed by atoms with Crippen LogP contribution in [0.1, 0.15) is 34.9 Å². The second kappa shape index (κ2) is 8.24. The molecule has 2 heterocycles. The van der Waals surface area contributed by atoms with Crippen LogP contribution in [0.4, 0.5) is 5.69 Å². The minimum absolute atomic E-state index is 0.0742. The molecule has 0 fully saturated rings. The van der Waals surface area contributed by atoms with Gasteiger partial charge in [-0.15, -0.1) is 0 Å². The summed E-state index contributed by atoms with van der Waals surface area (Å²) in [4.78, 5) is 29.8. The fraction of sp³-hybridized carbons (Fsp3) is 0.174. The Bertz CT molecular complexity index is 1190. The maximum Gasteiger partial charge on any atom is 0.287 e. The summed E-state index contributed by atoms with van der Waals surface area (Å²) in [6, 6.07) is 18.0. The Morgan fingerprint density at radius 2 is 1.93 bits per heavy atom. The molecule has 0 aliphatic carbocycles. The topological polar surface area (TPSA) is 89.2 Å². The fourth-order valence-electron chi connectivity index (χ4n) is 3.40. The molecular weight excluding hydrogens is 380 g/mol. The first-order valence-corrected chi connectivity index (χ1v) is 9.67. The van der Waals surface area contributed by atoms with E-state index in [0.29, 0.717) is 5.82 Å². The van der Waals surface area contributed by atoms with Crippen molar-refractivity contribution >= 4 is 28.5 Å². The van der Waals surface area contributed by atoms with E-state index in [-0.39, 0.29) is 24.1 Å². The minimum Gasteiger partial charge on any atom is -0.459 e. The highest BCUT2D eigenvalue weighted by Gasteiger charge is 2.21. The van der Waals surface area contributed by atoms with E-state index in [4.69, 9.17) is 4.42 Å². The zero-order valence-corrected chi connectivity index (χ0v) is 16.8. The molecular formula is C23H22N4O3. The summed E-state index contributed by atoms with van der Waals surface area (Å²) in [6.07, 6.45) is 1.45. The Balaban J connectivity index is 1.60. The molecule has 1 unspecified atom stereocenters. The number of nitrogens with zero attached hydrogens (tertiary/aromatic N) is 2. The molecule has 0 radical (unpaired) electrons. The van der Waals surface area contributed by atoms with Crippen molar-refractivity contribution in [3.05, 3.63) is 84.1 Å². The molecule has 0 saturated carbocycles. The third-order valence-corrected chi connectivity index (χ3v) is 4.77. The first-order chi connectivity index (χ1) is 14.5. The largest absolute Gasteiger partial charge is 0.459 e. The van der Waals surface area contributed by atoms with Crippen LogP contribution in [-0.4, -0.2) is 21.4 Å². The van der Waals surface area contributed by atoms with E-state index in [0.717, 1.165) is 22.3 Å². The van der Waals surface area contributed by atoms with E-state index in [2.05, 4.69) is 15.6 Å². The van der Waals surface area contributed by atoms with Gasteiger partial charge in [-0.05, 0) is 55.8 Å². The van der Waals surface area contributed by atoms with E-state index in [1.165, 1.54) is 6.26 Å². The number of fused-ring (bicyclic) bond motifs is 1. The number of benzene rings is 2. The number of hydrogen-bond donors (Lipinski definition) is 2. The number of aryl methyl sites for hydroxylation is 1. The fourth-order valence-corrected chi connectivity index (χ4v) is 3.40. The normalized spacial score (nSPS) is 11.9. The van der Waals surface area contributed by atoms with Gasteiger partial charge >= 0.3 is 0 Å². The Morgan fingerprint density at radius 3 is 2.70 bits per heavy atom. The second-order valence-corrected chi connectivity index (χ2v) is 7.13. The molecule has 30 heavy (non-hydrogen) atoms. The summed E-state index contributed by atoms with van der Waals surface area (Å²) in [6.45, 7) is 3.88. The van der Waals surface area contributed by atoms with Gasteiger partial charge in [-0.25, -0.2) is 4.98 Å². The molecule has 2 aromatic carbocycles. The van der Waals surface area contributed by atoms with Crippen LogP contribution in [0.2, 0.25) is 0 Å². The standard InChI is InChI=1S/C23H22N4O3/c1-15-7-5-8-17(13-15)25-21(28)14-27-19-10-4-3-9-18(19)26-22(27)16(2)24-23(29)20-11-6-12-30-20/h3-13,16H,14H2,1-2H3,(H,24,29)(H,25,28). The van der Waals surface area contributed by atoms with E-state index in [1.807, 2.05) is 66.9 Å². The van der Waals surface area contributed by atoms with Gasteiger partial charge in [0.1, 0.15) is 12.4 Å². The zero-order chi connectivity index (χ0) is 21.1. The van der Waals surface area contributed by atoms with Crippen molar-refractivity contribution in [2.45, 2.75) is 26.4 Å². The summed E-state index contributed by atoms with van der Waals surface area (Å²) < 4.78 is 6.99. The number of rotatable bonds is 6. The average Bonchev–Trinajstić information content (AvgIpc) is 3.37. The first kappa shape index (κ1) is 19.4. The molecule has 1 atom stereocenters. The summed E-state index contributed by atoms with van der Waals surface area (Å²) in [7, 11) is 0. The summed E-state index contributed by atoms with van der Waals surface area (Å²) in [5, 5.41) is 5.81. The van der Waals surface area contributed by atoms with E-state index in [1.54, 1.807) is 12.1 Å². The van der Waals surface area contributed by atoms with Crippen molar-refractivity contribution < 1.29 is 14.0 Å². The molecule has 4 aromatic rings.